The molecule has 1 aromatic heterocycles. The van der Waals surface area contributed by atoms with Crippen molar-refractivity contribution >= 4 is 34.2 Å². The molecule has 24 heavy (non-hydrogen) atoms. The van der Waals surface area contributed by atoms with Crippen LogP contribution in [0.2, 0.25) is 0 Å². The molecule has 1 aliphatic heterocycles. The minimum Gasteiger partial charge on any atom is -0.477 e. The third kappa shape index (κ3) is 1.99. The number of carboxylic acids is 1. The fourth-order valence-electron chi connectivity index (χ4n) is 3.06. The monoisotopic (exact) mass is 331 g/mol. The summed E-state index contributed by atoms with van der Waals surface area (Å²) in [6, 6.07) is 0.472. The highest BCUT2D eigenvalue weighted by molar-refractivity contribution is 6.11. The predicted molar refractivity (Wildman–Crippen MR) is 85.1 cm³/mol. The molecule has 1 aromatic carbocycles. The summed E-state index contributed by atoms with van der Waals surface area (Å²) in [7, 11) is 0. The number of halogens is 1. The molecule has 1 atom stereocenters. The van der Waals surface area contributed by atoms with Crippen LogP contribution in [0, 0.1) is 5.82 Å². The number of carboxylic acid groups (broad SMARTS) is 1. The van der Waals surface area contributed by atoms with E-state index in [9.17, 15) is 23.9 Å². The van der Waals surface area contributed by atoms with Crippen molar-refractivity contribution in [2.24, 2.45) is 0 Å². The van der Waals surface area contributed by atoms with Gasteiger partial charge in [-0.05, 0) is 25.8 Å². The average Bonchev–Trinajstić information content (AvgIpc) is 3.35. The minimum atomic E-state index is -1.36. The second kappa shape index (κ2) is 4.80. The SMILES string of the molecule is CC1Nc2c(F)cc3c(=O)c(C(=O)O)cn(C4CC4)c3c2NC1=O. The normalized spacial score (nSPS) is 19.6. The van der Waals surface area contributed by atoms with Crippen LogP contribution in [-0.4, -0.2) is 27.6 Å². The molecular weight excluding hydrogens is 317 g/mol. The molecule has 1 fully saturated rings. The van der Waals surface area contributed by atoms with Gasteiger partial charge >= 0.3 is 5.97 Å². The van der Waals surface area contributed by atoms with Gasteiger partial charge in [-0.1, -0.05) is 0 Å². The molecule has 1 amide bonds. The van der Waals surface area contributed by atoms with Crippen molar-refractivity contribution in [1.82, 2.24) is 4.57 Å². The second-order valence-electron chi connectivity index (χ2n) is 6.18. The predicted octanol–water partition coefficient (Wildman–Crippen LogP) is 1.93. The van der Waals surface area contributed by atoms with Crippen LogP contribution in [0.4, 0.5) is 15.8 Å². The van der Waals surface area contributed by atoms with Crippen LogP contribution < -0.4 is 16.1 Å². The Morgan fingerprint density at radius 3 is 2.67 bits per heavy atom. The Hall–Kier alpha value is -2.90. The van der Waals surface area contributed by atoms with Gasteiger partial charge in [0.25, 0.3) is 0 Å². The molecule has 0 radical (unpaired) electrons. The van der Waals surface area contributed by atoms with Gasteiger partial charge in [0.15, 0.2) is 0 Å². The Morgan fingerprint density at radius 1 is 1.33 bits per heavy atom. The zero-order valence-corrected chi connectivity index (χ0v) is 12.7. The van der Waals surface area contributed by atoms with Crippen LogP contribution in [0.25, 0.3) is 10.9 Å². The van der Waals surface area contributed by atoms with Crippen molar-refractivity contribution in [2.75, 3.05) is 10.6 Å². The molecule has 0 bridgehead atoms. The van der Waals surface area contributed by atoms with E-state index >= 15 is 0 Å². The molecule has 1 saturated carbocycles. The fraction of sp³-hybridized carbons (Fsp3) is 0.312. The van der Waals surface area contributed by atoms with E-state index in [4.69, 9.17) is 0 Å². The van der Waals surface area contributed by atoms with Gasteiger partial charge < -0.3 is 20.3 Å². The van der Waals surface area contributed by atoms with Gasteiger partial charge in [-0.15, -0.1) is 0 Å². The highest BCUT2D eigenvalue weighted by Crippen LogP contribution is 2.42. The minimum absolute atomic E-state index is 0.0389. The Labute approximate surface area is 135 Å². The molecule has 7 nitrogen and oxygen atoms in total. The standard InChI is InChI=1S/C16H14FN3O4/c1-6-15(22)19-12-11(18-6)10(17)4-8-13(12)20(7-2-3-7)5-9(14(8)21)16(23)24/h4-7,18H,2-3H2,1H3,(H,19,22)(H,23,24). The first-order valence-electron chi connectivity index (χ1n) is 7.60. The number of hydrogen-bond donors (Lipinski definition) is 3. The Kier molecular flexibility index (Phi) is 2.93. The van der Waals surface area contributed by atoms with E-state index in [1.54, 1.807) is 11.5 Å². The molecule has 0 spiro atoms. The zero-order chi connectivity index (χ0) is 17.2. The largest absolute Gasteiger partial charge is 0.477 e. The molecule has 3 N–H and O–H groups in total. The van der Waals surface area contributed by atoms with Gasteiger partial charge in [0.2, 0.25) is 11.3 Å². The van der Waals surface area contributed by atoms with Crippen LogP contribution in [0.5, 0.6) is 0 Å². The molecule has 2 heterocycles. The lowest BCUT2D eigenvalue weighted by Gasteiger charge is -2.27. The third-order valence-corrected chi connectivity index (χ3v) is 4.44. The van der Waals surface area contributed by atoms with E-state index in [-0.39, 0.29) is 28.7 Å². The summed E-state index contributed by atoms with van der Waals surface area (Å²) >= 11 is 0. The maximum Gasteiger partial charge on any atom is 0.341 e. The number of fused-ring (bicyclic) bond motifs is 3. The van der Waals surface area contributed by atoms with E-state index in [1.807, 2.05) is 0 Å². The molecule has 2 aromatic rings. The van der Waals surface area contributed by atoms with E-state index in [0.29, 0.717) is 5.52 Å². The number of carbonyl (C=O) groups is 2. The van der Waals surface area contributed by atoms with Crippen LogP contribution in [0.1, 0.15) is 36.2 Å². The lowest BCUT2D eigenvalue weighted by molar-refractivity contribution is -0.116. The Morgan fingerprint density at radius 2 is 2.04 bits per heavy atom. The van der Waals surface area contributed by atoms with Crippen LogP contribution >= 0.6 is 0 Å². The summed E-state index contributed by atoms with van der Waals surface area (Å²) < 4.78 is 16.1. The number of aromatic nitrogens is 1. The molecule has 1 aliphatic carbocycles. The van der Waals surface area contributed by atoms with Crippen molar-refractivity contribution in [2.45, 2.75) is 31.8 Å². The summed E-state index contributed by atoms with van der Waals surface area (Å²) in [4.78, 5) is 35.8. The lowest BCUT2D eigenvalue weighted by Crippen LogP contribution is -2.37. The van der Waals surface area contributed by atoms with E-state index < -0.39 is 28.8 Å². The van der Waals surface area contributed by atoms with Crippen LogP contribution in [-0.2, 0) is 4.79 Å². The van der Waals surface area contributed by atoms with Crippen LogP contribution in [0.15, 0.2) is 17.1 Å². The smallest absolute Gasteiger partial charge is 0.341 e. The molecule has 8 heteroatoms. The number of nitrogens with one attached hydrogen (secondary N) is 2. The van der Waals surface area contributed by atoms with E-state index in [0.717, 1.165) is 18.9 Å². The number of pyridine rings is 1. The zero-order valence-electron chi connectivity index (χ0n) is 12.7. The lowest BCUT2D eigenvalue weighted by atomic mass is 10.0. The summed E-state index contributed by atoms with van der Waals surface area (Å²) in [5.41, 5.74) is -0.502. The van der Waals surface area contributed by atoms with Gasteiger partial charge in [-0.3, -0.25) is 9.59 Å². The number of hydrogen-bond acceptors (Lipinski definition) is 4. The van der Waals surface area contributed by atoms with Crippen molar-refractivity contribution in [3.63, 3.8) is 0 Å². The number of amides is 1. The molecule has 0 saturated heterocycles. The van der Waals surface area contributed by atoms with Gasteiger partial charge in [-0.2, -0.15) is 0 Å². The van der Waals surface area contributed by atoms with E-state index in [1.165, 1.54) is 6.20 Å². The first-order chi connectivity index (χ1) is 11.4. The topological polar surface area (TPSA) is 100 Å². The third-order valence-electron chi connectivity index (χ3n) is 4.44. The summed E-state index contributed by atoms with van der Waals surface area (Å²) in [5.74, 6) is -2.40. The molecule has 2 aliphatic rings. The quantitative estimate of drug-likeness (QED) is 0.781. The van der Waals surface area contributed by atoms with Gasteiger partial charge in [0.1, 0.15) is 17.4 Å². The molecule has 124 valence electrons. The molecule has 4 rings (SSSR count). The Bertz CT molecular complexity index is 978. The van der Waals surface area contributed by atoms with Gasteiger partial charge in [0.05, 0.1) is 22.3 Å². The Balaban J connectivity index is 2.14. The first kappa shape index (κ1) is 14.7. The second-order valence-corrected chi connectivity index (χ2v) is 6.18. The van der Waals surface area contributed by atoms with Crippen molar-refractivity contribution in [3.8, 4) is 0 Å². The summed E-state index contributed by atoms with van der Waals surface area (Å²) in [6.07, 6.45) is 2.95. The molecular formula is C16H14FN3O4. The first-order valence-corrected chi connectivity index (χ1v) is 7.60. The number of rotatable bonds is 2. The van der Waals surface area contributed by atoms with Gasteiger partial charge in [-0.25, -0.2) is 9.18 Å². The molecule has 1 unspecified atom stereocenters. The number of aromatic carboxylic acids is 1. The summed E-state index contributed by atoms with van der Waals surface area (Å²) in [6.45, 7) is 1.60. The number of benzene rings is 1. The van der Waals surface area contributed by atoms with Crippen LogP contribution in [0.3, 0.4) is 0 Å². The van der Waals surface area contributed by atoms with Crippen molar-refractivity contribution < 1.29 is 19.1 Å². The van der Waals surface area contributed by atoms with Crippen molar-refractivity contribution in [3.05, 3.63) is 33.9 Å². The number of nitrogens with zero attached hydrogens (tertiary/aromatic N) is 1. The fourth-order valence-corrected chi connectivity index (χ4v) is 3.06. The maximum absolute atomic E-state index is 14.5. The maximum atomic E-state index is 14.5. The number of carbonyl (C=O) groups excluding carboxylic acids is 1. The average molecular weight is 331 g/mol. The number of anilines is 2. The summed E-state index contributed by atoms with van der Waals surface area (Å²) in [5, 5.41) is 14.6. The van der Waals surface area contributed by atoms with Gasteiger partial charge in [0, 0.05) is 12.2 Å². The highest BCUT2D eigenvalue weighted by Gasteiger charge is 2.32. The van der Waals surface area contributed by atoms with E-state index in [2.05, 4.69) is 10.6 Å². The van der Waals surface area contributed by atoms with Crippen molar-refractivity contribution in [1.29, 1.82) is 0 Å². The highest BCUT2D eigenvalue weighted by atomic mass is 19.1.